The van der Waals surface area contributed by atoms with E-state index in [1.165, 1.54) is 16.0 Å². The first kappa shape index (κ1) is 61.6. The highest BCUT2D eigenvalue weighted by atomic mass is 35.5. The van der Waals surface area contributed by atoms with Crippen LogP contribution in [0.15, 0.2) is 48.5 Å². The van der Waals surface area contributed by atoms with Crippen LogP contribution in [0.3, 0.4) is 0 Å². The highest BCUT2D eigenvalue weighted by Gasteiger charge is 2.46. The Labute approximate surface area is 445 Å². The number of likely N-dealkylation sites (tertiary alicyclic amines) is 1. The fourth-order valence-electron chi connectivity index (χ4n) is 9.31. The zero-order chi connectivity index (χ0) is 52.0. The number of amides is 7. The van der Waals surface area contributed by atoms with Gasteiger partial charge in [0.15, 0.2) is 0 Å². The van der Waals surface area contributed by atoms with E-state index >= 15 is 0 Å². The SMILES string of the molecule is CN[C@@H](C)C(=O)N[C@H](C(=O)N[C@@H](CC#CC#CCCC(=O)N[C@H]1C[C@@H](C(=O)N[C@@H]2CCCc3ccccc32)N(C(=O)[C@@H](NC(=O)[C@H](C)NC)C(C)(C)C)C1)C(=O)N[C@@H]1CCCc2ccccc21)C(C)(C)C.Cl.Cl. The molecule has 0 bridgehead atoms. The van der Waals surface area contributed by atoms with Crippen LogP contribution in [0.1, 0.15) is 141 Å². The van der Waals surface area contributed by atoms with Crippen LogP contribution in [0.2, 0.25) is 0 Å². The van der Waals surface area contributed by atoms with Gasteiger partial charge in [-0.2, -0.15) is 0 Å². The van der Waals surface area contributed by atoms with Crippen molar-refractivity contribution in [2.24, 2.45) is 10.8 Å². The number of nitrogens with one attached hydrogen (secondary N) is 8. The van der Waals surface area contributed by atoms with Crippen molar-refractivity contribution in [2.75, 3.05) is 20.6 Å². The average molecular weight is 1050 g/mol. The van der Waals surface area contributed by atoms with Crippen LogP contribution in [-0.2, 0) is 46.4 Å². The number of benzene rings is 2. The minimum absolute atomic E-state index is 0. The third-order valence-electron chi connectivity index (χ3n) is 13.7. The zero-order valence-electron chi connectivity index (χ0n) is 44.2. The van der Waals surface area contributed by atoms with Crippen LogP contribution in [0.5, 0.6) is 0 Å². The van der Waals surface area contributed by atoms with E-state index in [-0.39, 0.29) is 92.8 Å². The van der Waals surface area contributed by atoms with Crippen LogP contribution in [0.4, 0.5) is 0 Å². The molecule has 2 aromatic rings. The summed E-state index contributed by atoms with van der Waals surface area (Å²) in [6, 6.07) is 10.1. The van der Waals surface area contributed by atoms with E-state index in [1.54, 1.807) is 27.9 Å². The van der Waals surface area contributed by atoms with Gasteiger partial charge in [-0.05, 0) is 118 Å². The summed E-state index contributed by atoms with van der Waals surface area (Å²) >= 11 is 0. The van der Waals surface area contributed by atoms with Gasteiger partial charge in [0.2, 0.25) is 41.4 Å². The number of halogens is 2. The summed E-state index contributed by atoms with van der Waals surface area (Å²) in [4.78, 5) is 97.4. The van der Waals surface area contributed by atoms with Crippen LogP contribution >= 0.6 is 24.8 Å². The molecule has 1 fully saturated rings. The number of aryl methyl sites for hydroxylation is 2. The predicted octanol–water partition coefficient (Wildman–Crippen LogP) is 4.24. The fraction of sp³-hybridized carbons (Fsp3) is 0.582. The Morgan fingerprint density at radius 1 is 0.644 bits per heavy atom. The summed E-state index contributed by atoms with van der Waals surface area (Å²) in [7, 11) is 3.32. The van der Waals surface area contributed by atoms with Crippen molar-refractivity contribution in [1.82, 2.24) is 47.4 Å². The monoisotopic (exact) mass is 1050 g/mol. The molecular weight excluding hydrogens is 970 g/mol. The maximum Gasteiger partial charge on any atom is 0.246 e. The highest BCUT2D eigenvalue weighted by Crippen LogP contribution is 2.32. The van der Waals surface area contributed by atoms with E-state index in [1.807, 2.05) is 77.9 Å². The molecule has 8 N–H and O–H groups in total. The minimum atomic E-state index is -1.06. The summed E-state index contributed by atoms with van der Waals surface area (Å²) in [5, 5.41) is 23.8. The first-order valence-corrected chi connectivity index (χ1v) is 25.2. The van der Waals surface area contributed by atoms with Gasteiger partial charge in [0, 0.05) is 31.8 Å². The number of carbonyl (C=O) groups is 7. The first-order chi connectivity index (χ1) is 33.6. The molecule has 3 aliphatic rings. The normalized spacial score (nSPS) is 19.9. The van der Waals surface area contributed by atoms with Crippen molar-refractivity contribution in [2.45, 2.75) is 174 Å². The van der Waals surface area contributed by atoms with Gasteiger partial charge in [0.05, 0.1) is 24.2 Å². The van der Waals surface area contributed by atoms with Crippen molar-refractivity contribution in [3.8, 4) is 23.7 Å². The lowest BCUT2D eigenvalue weighted by molar-refractivity contribution is -0.144. The van der Waals surface area contributed by atoms with Crippen LogP contribution < -0.4 is 42.5 Å². The van der Waals surface area contributed by atoms with Gasteiger partial charge in [-0.15, -0.1) is 24.8 Å². The molecule has 73 heavy (non-hydrogen) atoms. The predicted molar refractivity (Wildman–Crippen MR) is 288 cm³/mol. The molecule has 5 rings (SSSR count). The van der Waals surface area contributed by atoms with Crippen molar-refractivity contribution in [3.05, 3.63) is 70.8 Å². The zero-order valence-corrected chi connectivity index (χ0v) is 45.8. The molecule has 1 heterocycles. The summed E-state index contributed by atoms with van der Waals surface area (Å²) in [5.74, 6) is 8.71. The third-order valence-corrected chi connectivity index (χ3v) is 13.7. The minimum Gasteiger partial charge on any atom is -0.351 e. The number of likely N-dealkylation sites (N-methyl/N-ethyl adjacent to an activating group) is 2. The van der Waals surface area contributed by atoms with Gasteiger partial charge >= 0.3 is 0 Å². The lowest BCUT2D eigenvalue weighted by Crippen LogP contribution is -2.59. The van der Waals surface area contributed by atoms with E-state index in [9.17, 15) is 33.6 Å². The molecule has 400 valence electrons. The fourth-order valence-corrected chi connectivity index (χ4v) is 9.31. The largest absolute Gasteiger partial charge is 0.351 e. The second-order valence-corrected chi connectivity index (χ2v) is 21.3. The maximum atomic E-state index is 14.5. The standard InChI is InChI=1S/C55H77N9O7.2ClH/c1-34(56-9)48(66)62-46(54(3,4)5)52(70)61-43(50(68)59-41-29-20-24-36-22-16-18-26-39(36)41)28-14-12-11-13-15-31-45(65)58-38-32-44(51(69)60-42-30-21-25-37-23-17-19-27-40(37)42)64(33-38)53(71)47(55(6,7)8)63-49(67)35(2)57-10;;/h16-19,22-23,26-27,34-35,38,41-44,46-47,56-57H,15,20-21,24-25,28-33H2,1-10H3,(H,58,65)(H,59,68)(H,60,69)(H,61,70)(H,62,66)(H,63,67);2*1H/t34-,35-,38-,41+,42+,43-,44-,46+,47+;;/m0../s1. The Morgan fingerprint density at radius 2 is 1.15 bits per heavy atom. The molecular formula is C55H79Cl2N9O7. The van der Waals surface area contributed by atoms with Crippen LogP contribution in [0.25, 0.3) is 0 Å². The topological polar surface area (TPSA) is 219 Å². The highest BCUT2D eigenvalue weighted by molar-refractivity contribution is 5.95. The van der Waals surface area contributed by atoms with Gasteiger partial charge < -0.3 is 47.4 Å². The van der Waals surface area contributed by atoms with E-state index in [0.29, 0.717) is 0 Å². The molecule has 1 saturated heterocycles. The molecule has 18 heteroatoms. The van der Waals surface area contributed by atoms with E-state index < -0.39 is 70.8 Å². The third kappa shape index (κ3) is 17.2. The lowest BCUT2D eigenvalue weighted by Gasteiger charge is -2.36. The summed E-state index contributed by atoms with van der Waals surface area (Å²) < 4.78 is 0. The van der Waals surface area contributed by atoms with Gasteiger partial charge in [0.25, 0.3) is 0 Å². The second-order valence-electron chi connectivity index (χ2n) is 21.3. The second kappa shape index (κ2) is 28.1. The molecule has 0 unspecified atom stereocenters. The number of carbonyl (C=O) groups excluding carboxylic acids is 7. The Kier molecular flexibility index (Phi) is 23.8. The molecule has 0 aromatic heterocycles. The van der Waals surface area contributed by atoms with Gasteiger partial charge in [-0.25, -0.2) is 0 Å². The van der Waals surface area contributed by atoms with E-state index in [0.717, 1.165) is 49.7 Å². The Balaban J connectivity index is 0.00000703. The van der Waals surface area contributed by atoms with Crippen molar-refractivity contribution in [1.29, 1.82) is 0 Å². The van der Waals surface area contributed by atoms with Gasteiger partial charge in [-0.1, -0.05) is 102 Å². The number of rotatable bonds is 17. The Bertz CT molecular complexity index is 2400. The number of fused-ring (bicyclic) bond motifs is 2. The smallest absolute Gasteiger partial charge is 0.246 e. The number of hydrogen-bond donors (Lipinski definition) is 8. The number of nitrogens with zero attached hydrogens (tertiary/aromatic N) is 1. The lowest BCUT2D eigenvalue weighted by atomic mass is 9.85. The molecule has 2 aromatic carbocycles. The van der Waals surface area contributed by atoms with Crippen molar-refractivity contribution < 1.29 is 33.6 Å². The molecule has 1 aliphatic heterocycles. The van der Waals surface area contributed by atoms with Crippen molar-refractivity contribution >= 4 is 66.2 Å². The molecule has 7 amide bonds. The van der Waals surface area contributed by atoms with Crippen LogP contribution in [-0.4, -0.2) is 109 Å². The Morgan fingerprint density at radius 3 is 1.68 bits per heavy atom. The number of hydrogen-bond acceptors (Lipinski definition) is 9. The Hall–Kier alpha value is -5.65. The first-order valence-electron chi connectivity index (χ1n) is 25.2. The molecule has 2 aliphatic carbocycles. The summed E-state index contributed by atoms with van der Waals surface area (Å²) in [6.07, 6.45) is 5.45. The maximum absolute atomic E-state index is 14.5. The van der Waals surface area contributed by atoms with E-state index in [2.05, 4.69) is 78.3 Å². The van der Waals surface area contributed by atoms with Gasteiger partial charge in [-0.3, -0.25) is 33.6 Å². The van der Waals surface area contributed by atoms with Crippen LogP contribution in [0, 0.1) is 34.5 Å². The summed E-state index contributed by atoms with van der Waals surface area (Å²) in [6.45, 7) is 14.5. The molecule has 0 spiro atoms. The van der Waals surface area contributed by atoms with Crippen molar-refractivity contribution in [3.63, 3.8) is 0 Å². The molecule has 0 saturated carbocycles. The average Bonchev–Trinajstić information content (AvgIpc) is 3.76. The van der Waals surface area contributed by atoms with Gasteiger partial charge in [0.1, 0.15) is 24.2 Å². The molecule has 16 nitrogen and oxygen atoms in total. The van der Waals surface area contributed by atoms with E-state index in [4.69, 9.17) is 0 Å². The molecule has 0 radical (unpaired) electrons. The summed E-state index contributed by atoms with van der Waals surface area (Å²) in [5.41, 5.74) is 3.06. The molecule has 9 atom stereocenters. The quantitative estimate of drug-likeness (QED) is 0.106.